The van der Waals surface area contributed by atoms with Crippen LogP contribution < -0.4 is 24.3 Å². The van der Waals surface area contributed by atoms with Crippen LogP contribution in [0.2, 0.25) is 0 Å². The molecule has 0 saturated carbocycles. The van der Waals surface area contributed by atoms with Gasteiger partial charge in [0.25, 0.3) is 5.91 Å². The molecule has 29 heavy (non-hydrogen) atoms. The van der Waals surface area contributed by atoms with Gasteiger partial charge >= 0.3 is 0 Å². The zero-order valence-electron chi connectivity index (χ0n) is 16.6. The normalized spacial score (nSPS) is 10.2. The molecule has 0 radical (unpaired) electrons. The summed E-state index contributed by atoms with van der Waals surface area (Å²) in [5, 5.41) is 2.84. The minimum Gasteiger partial charge on any atom is -0.493 e. The van der Waals surface area contributed by atoms with Crippen LogP contribution in [-0.4, -0.2) is 27.2 Å². The zero-order chi connectivity index (χ0) is 20.6. The highest BCUT2D eigenvalue weighted by molar-refractivity contribution is 6.04. The van der Waals surface area contributed by atoms with Gasteiger partial charge in [-0.1, -0.05) is 30.3 Å². The third-order valence-electron chi connectivity index (χ3n) is 4.29. The number of benzene rings is 3. The van der Waals surface area contributed by atoms with Crippen LogP contribution >= 0.6 is 0 Å². The van der Waals surface area contributed by atoms with Crippen molar-refractivity contribution in [2.45, 2.75) is 6.61 Å². The molecule has 3 aromatic rings. The summed E-state index contributed by atoms with van der Waals surface area (Å²) in [4.78, 5) is 12.6. The van der Waals surface area contributed by atoms with Crippen molar-refractivity contribution in [3.63, 3.8) is 0 Å². The van der Waals surface area contributed by atoms with E-state index in [1.165, 1.54) is 21.3 Å². The number of carbonyl (C=O) groups is 1. The lowest BCUT2D eigenvalue weighted by Crippen LogP contribution is -2.12. The first-order valence-corrected chi connectivity index (χ1v) is 9.02. The Balaban J connectivity index is 1.68. The van der Waals surface area contributed by atoms with E-state index in [4.69, 9.17) is 18.9 Å². The highest BCUT2D eigenvalue weighted by atomic mass is 16.5. The predicted octanol–water partition coefficient (Wildman–Crippen LogP) is 4.54. The standard InChI is InChI=1S/C23H23NO5/c1-26-20-13-18(14-21(27-2)22(20)28-3)24-23(25)17-9-11-19(12-10-17)29-15-16-7-5-4-6-8-16/h4-14H,15H2,1-3H3,(H,24,25). The van der Waals surface area contributed by atoms with E-state index < -0.39 is 0 Å². The van der Waals surface area contributed by atoms with Crippen molar-refractivity contribution in [3.05, 3.63) is 77.9 Å². The average molecular weight is 393 g/mol. The number of anilines is 1. The molecular formula is C23H23NO5. The topological polar surface area (TPSA) is 66.0 Å². The SMILES string of the molecule is COc1cc(NC(=O)c2ccc(OCc3ccccc3)cc2)cc(OC)c1OC. The van der Waals surface area contributed by atoms with Crippen LogP contribution in [0, 0.1) is 0 Å². The van der Waals surface area contributed by atoms with Crippen molar-refractivity contribution >= 4 is 11.6 Å². The molecule has 0 unspecified atom stereocenters. The van der Waals surface area contributed by atoms with Crippen molar-refractivity contribution in [2.75, 3.05) is 26.6 Å². The van der Waals surface area contributed by atoms with Gasteiger partial charge in [-0.15, -0.1) is 0 Å². The Labute approximate surface area is 170 Å². The number of amides is 1. The van der Waals surface area contributed by atoms with Crippen LogP contribution in [0.1, 0.15) is 15.9 Å². The van der Waals surface area contributed by atoms with Gasteiger partial charge in [0.15, 0.2) is 11.5 Å². The number of nitrogens with one attached hydrogen (secondary N) is 1. The van der Waals surface area contributed by atoms with Crippen LogP contribution in [0.25, 0.3) is 0 Å². The van der Waals surface area contributed by atoms with Crippen LogP contribution in [0.4, 0.5) is 5.69 Å². The molecule has 0 saturated heterocycles. The molecule has 3 rings (SSSR count). The molecule has 0 aromatic heterocycles. The molecular weight excluding hydrogens is 370 g/mol. The average Bonchev–Trinajstić information content (AvgIpc) is 2.77. The summed E-state index contributed by atoms with van der Waals surface area (Å²) in [5.41, 5.74) is 2.12. The van der Waals surface area contributed by atoms with Gasteiger partial charge < -0.3 is 24.3 Å². The van der Waals surface area contributed by atoms with E-state index in [9.17, 15) is 4.79 Å². The fourth-order valence-corrected chi connectivity index (χ4v) is 2.80. The monoisotopic (exact) mass is 393 g/mol. The van der Waals surface area contributed by atoms with E-state index in [1.807, 2.05) is 30.3 Å². The van der Waals surface area contributed by atoms with Gasteiger partial charge in [0.2, 0.25) is 5.75 Å². The van der Waals surface area contributed by atoms with E-state index in [0.29, 0.717) is 40.9 Å². The summed E-state index contributed by atoms with van der Waals surface area (Å²) in [5.74, 6) is 1.83. The van der Waals surface area contributed by atoms with Gasteiger partial charge in [0, 0.05) is 23.4 Å². The second kappa shape index (κ2) is 9.50. The Kier molecular flexibility index (Phi) is 6.58. The highest BCUT2D eigenvalue weighted by Gasteiger charge is 2.15. The molecule has 6 nitrogen and oxygen atoms in total. The minimum absolute atomic E-state index is 0.256. The van der Waals surface area contributed by atoms with E-state index in [0.717, 1.165) is 5.56 Å². The largest absolute Gasteiger partial charge is 0.493 e. The molecule has 0 aliphatic carbocycles. The summed E-state index contributed by atoms with van der Waals surface area (Å²) < 4.78 is 21.7. The number of carbonyl (C=O) groups excluding carboxylic acids is 1. The predicted molar refractivity (Wildman–Crippen MR) is 111 cm³/mol. The van der Waals surface area contributed by atoms with Gasteiger partial charge in [0.05, 0.1) is 21.3 Å². The fourth-order valence-electron chi connectivity index (χ4n) is 2.80. The third-order valence-corrected chi connectivity index (χ3v) is 4.29. The summed E-state index contributed by atoms with van der Waals surface area (Å²) in [6.07, 6.45) is 0. The van der Waals surface area contributed by atoms with Crippen LogP contribution in [0.3, 0.4) is 0 Å². The molecule has 0 heterocycles. The van der Waals surface area contributed by atoms with Gasteiger partial charge in [-0.3, -0.25) is 4.79 Å². The van der Waals surface area contributed by atoms with E-state index >= 15 is 0 Å². The van der Waals surface area contributed by atoms with Crippen LogP contribution in [-0.2, 0) is 6.61 Å². The Bertz CT molecular complexity index is 930. The number of ether oxygens (including phenoxy) is 4. The van der Waals surface area contributed by atoms with Gasteiger partial charge in [-0.2, -0.15) is 0 Å². The van der Waals surface area contributed by atoms with Crippen molar-refractivity contribution in [3.8, 4) is 23.0 Å². The first-order valence-electron chi connectivity index (χ1n) is 9.02. The van der Waals surface area contributed by atoms with Crippen molar-refractivity contribution in [1.82, 2.24) is 0 Å². The molecule has 1 N–H and O–H groups in total. The molecule has 0 aliphatic rings. The van der Waals surface area contributed by atoms with E-state index in [1.54, 1.807) is 36.4 Å². The maximum Gasteiger partial charge on any atom is 0.255 e. The lowest BCUT2D eigenvalue weighted by atomic mass is 10.2. The smallest absolute Gasteiger partial charge is 0.255 e. The van der Waals surface area contributed by atoms with Gasteiger partial charge in [-0.05, 0) is 29.8 Å². The molecule has 0 atom stereocenters. The summed E-state index contributed by atoms with van der Waals surface area (Å²) in [7, 11) is 4.58. The van der Waals surface area contributed by atoms with Crippen molar-refractivity contribution in [1.29, 1.82) is 0 Å². The first-order chi connectivity index (χ1) is 14.1. The molecule has 1 amide bonds. The number of methoxy groups -OCH3 is 3. The molecule has 0 bridgehead atoms. The lowest BCUT2D eigenvalue weighted by Gasteiger charge is -2.14. The van der Waals surface area contributed by atoms with Gasteiger partial charge in [-0.25, -0.2) is 0 Å². The van der Waals surface area contributed by atoms with Crippen molar-refractivity contribution in [2.24, 2.45) is 0 Å². The van der Waals surface area contributed by atoms with Crippen molar-refractivity contribution < 1.29 is 23.7 Å². The van der Waals surface area contributed by atoms with E-state index in [-0.39, 0.29) is 5.91 Å². The fraction of sp³-hybridized carbons (Fsp3) is 0.174. The Hall–Kier alpha value is -3.67. The number of hydrogen-bond acceptors (Lipinski definition) is 5. The second-order valence-electron chi connectivity index (χ2n) is 6.17. The molecule has 6 heteroatoms. The Morgan fingerprint density at radius 1 is 0.828 bits per heavy atom. The Morgan fingerprint density at radius 3 is 2.00 bits per heavy atom. The van der Waals surface area contributed by atoms with Gasteiger partial charge in [0.1, 0.15) is 12.4 Å². The number of rotatable bonds is 8. The quantitative estimate of drug-likeness (QED) is 0.608. The lowest BCUT2D eigenvalue weighted by molar-refractivity contribution is 0.102. The first kappa shape index (κ1) is 20.1. The molecule has 3 aromatic carbocycles. The summed E-state index contributed by atoms with van der Waals surface area (Å²) in [6, 6.07) is 20.2. The van der Waals surface area contributed by atoms with Crippen LogP contribution in [0.5, 0.6) is 23.0 Å². The number of hydrogen-bond donors (Lipinski definition) is 1. The molecule has 0 spiro atoms. The molecule has 150 valence electrons. The zero-order valence-corrected chi connectivity index (χ0v) is 16.6. The minimum atomic E-state index is -0.256. The molecule has 0 aliphatic heterocycles. The maximum absolute atomic E-state index is 12.6. The van der Waals surface area contributed by atoms with E-state index in [2.05, 4.69) is 5.32 Å². The highest BCUT2D eigenvalue weighted by Crippen LogP contribution is 2.40. The summed E-state index contributed by atoms with van der Waals surface area (Å²) in [6.45, 7) is 0.470. The third kappa shape index (κ3) is 4.99. The maximum atomic E-state index is 12.6. The van der Waals surface area contributed by atoms with Crippen LogP contribution in [0.15, 0.2) is 66.7 Å². The second-order valence-corrected chi connectivity index (χ2v) is 6.17. The molecule has 0 fully saturated rings. The summed E-state index contributed by atoms with van der Waals surface area (Å²) >= 11 is 0. The Morgan fingerprint density at radius 2 is 1.45 bits per heavy atom.